The number of aliphatic hydroxyl groups is 1. The Hall–Kier alpha value is -0.450. The topological polar surface area (TPSA) is 36.4 Å². The lowest BCUT2D eigenvalue weighted by Crippen LogP contribution is -2.43. The number of aromatic nitrogens is 1. The molecule has 1 N–H and O–H groups in total. The van der Waals surface area contributed by atoms with Gasteiger partial charge in [-0.3, -0.25) is 4.90 Å². The van der Waals surface area contributed by atoms with Gasteiger partial charge in [0.1, 0.15) is 0 Å². The van der Waals surface area contributed by atoms with Crippen molar-refractivity contribution in [2.45, 2.75) is 45.7 Å². The highest BCUT2D eigenvalue weighted by Crippen LogP contribution is 2.17. The molecule has 0 amide bonds. The van der Waals surface area contributed by atoms with Gasteiger partial charge in [-0.05, 0) is 33.7 Å². The number of nitrogens with zero attached hydrogens (tertiary/aromatic N) is 2. The molecule has 0 aliphatic carbocycles. The molecule has 4 heteroatoms. The number of aryl methyl sites for hydroxylation is 1. The molecule has 1 aromatic rings. The summed E-state index contributed by atoms with van der Waals surface area (Å²) in [4.78, 5) is 6.72. The van der Waals surface area contributed by atoms with Gasteiger partial charge in [0.2, 0.25) is 0 Å². The van der Waals surface area contributed by atoms with Crippen molar-refractivity contribution in [3.8, 4) is 0 Å². The first-order valence-electron chi connectivity index (χ1n) is 5.75. The summed E-state index contributed by atoms with van der Waals surface area (Å²) in [6.45, 7) is 7.20. The average Bonchev–Trinajstić information content (AvgIpc) is 2.66. The van der Waals surface area contributed by atoms with Gasteiger partial charge in [0.25, 0.3) is 0 Å². The molecule has 0 spiro atoms. The van der Waals surface area contributed by atoms with Crippen LogP contribution in [-0.2, 0) is 13.0 Å². The monoisotopic (exact) mass is 242 g/mol. The van der Waals surface area contributed by atoms with E-state index in [0.717, 1.165) is 25.1 Å². The third kappa shape index (κ3) is 3.54. The van der Waals surface area contributed by atoms with E-state index in [1.807, 2.05) is 20.9 Å². The Morgan fingerprint density at radius 3 is 2.75 bits per heavy atom. The molecule has 3 nitrogen and oxygen atoms in total. The summed E-state index contributed by atoms with van der Waals surface area (Å²) in [6.07, 6.45) is 2.21. The molecule has 0 aliphatic heterocycles. The largest absolute Gasteiger partial charge is 0.394 e. The van der Waals surface area contributed by atoms with Gasteiger partial charge in [0, 0.05) is 17.5 Å². The van der Waals surface area contributed by atoms with E-state index in [1.165, 1.54) is 5.01 Å². The minimum absolute atomic E-state index is 0.162. The third-order valence-corrected chi connectivity index (χ3v) is 3.84. The molecular formula is C12H22N2OS. The lowest BCUT2D eigenvalue weighted by atomic mass is 10.1. The van der Waals surface area contributed by atoms with E-state index in [2.05, 4.69) is 22.2 Å². The Morgan fingerprint density at radius 2 is 2.19 bits per heavy atom. The van der Waals surface area contributed by atoms with Crippen LogP contribution >= 0.6 is 11.3 Å². The van der Waals surface area contributed by atoms with Gasteiger partial charge in [0.05, 0.1) is 17.3 Å². The Morgan fingerprint density at radius 1 is 1.50 bits per heavy atom. The average molecular weight is 242 g/mol. The van der Waals surface area contributed by atoms with Crippen LogP contribution in [0.4, 0.5) is 0 Å². The third-order valence-electron chi connectivity index (χ3n) is 2.88. The molecule has 0 aromatic carbocycles. The molecule has 1 heterocycles. The zero-order chi connectivity index (χ0) is 12.2. The first-order chi connectivity index (χ1) is 7.49. The van der Waals surface area contributed by atoms with Gasteiger partial charge < -0.3 is 5.11 Å². The Labute approximate surface area is 102 Å². The van der Waals surface area contributed by atoms with Gasteiger partial charge in [0.15, 0.2) is 0 Å². The maximum absolute atomic E-state index is 9.27. The van der Waals surface area contributed by atoms with Crippen molar-refractivity contribution < 1.29 is 5.11 Å². The highest BCUT2D eigenvalue weighted by Gasteiger charge is 2.22. The normalized spacial score (nSPS) is 12.4. The van der Waals surface area contributed by atoms with Crippen LogP contribution in [0.5, 0.6) is 0 Å². The van der Waals surface area contributed by atoms with Crippen LogP contribution in [0.2, 0.25) is 0 Å². The van der Waals surface area contributed by atoms with Crippen LogP contribution in [0.15, 0.2) is 5.38 Å². The summed E-state index contributed by atoms with van der Waals surface area (Å²) in [5, 5.41) is 12.6. The van der Waals surface area contributed by atoms with Crippen LogP contribution in [0.3, 0.4) is 0 Å². The van der Waals surface area contributed by atoms with Gasteiger partial charge >= 0.3 is 0 Å². The highest BCUT2D eigenvalue weighted by molar-refractivity contribution is 7.09. The van der Waals surface area contributed by atoms with Crippen molar-refractivity contribution in [1.29, 1.82) is 0 Å². The summed E-state index contributed by atoms with van der Waals surface area (Å²) >= 11 is 1.73. The fourth-order valence-corrected chi connectivity index (χ4v) is 2.22. The van der Waals surface area contributed by atoms with E-state index in [0.29, 0.717) is 0 Å². The molecule has 0 fully saturated rings. The predicted molar refractivity (Wildman–Crippen MR) is 68.7 cm³/mol. The van der Waals surface area contributed by atoms with Crippen LogP contribution in [0, 0.1) is 0 Å². The molecule has 16 heavy (non-hydrogen) atoms. The standard InChI is InChI=1S/C12H22N2OS/c1-5-6-11-13-10(8-16-11)7-14(4)12(2,3)9-15/h8,15H,5-7,9H2,1-4H3. The number of hydrogen-bond donors (Lipinski definition) is 1. The number of likely N-dealkylation sites (N-methyl/N-ethyl adjacent to an activating group) is 1. The maximum atomic E-state index is 9.27. The molecule has 0 saturated heterocycles. The van der Waals surface area contributed by atoms with Crippen molar-refractivity contribution >= 4 is 11.3 Å². The van der Waals surface area contributed by atoms with Gasteiger partial charge in [-0.25, -0.2) is 4.98 Å². The molecule has 1 aromatic heterocycles. The summed E-state index contributed by atoms with van der Waals surface area (Å²) in [6, 6.07) is 0. The Kier molecular flexibility index (Phi) is 4.89. The fraction of sp³-hybridized carbons (Fsp3) is 0.750. The first kappa shape index (κ1) is 13.6. The molecular weight excluding hydrogens is 220 g/mol. The van der Waals surface area contributed by atoms with E-state index in [9.17, 15) is 5.11 Å². The molecule has 1 rings (SSSR count). The van der Waals surface area contributed by atoms with Crippen molar-refractivity contribution in [2.75, 3.05) is 13.7 Å². The Balaban J connectivity index is 2.59. The number of aliphatic hydroxyl groups excluding tert-OH is 1. The van der Waals surface area contributed by atoms with Crippen molar-refractivity contribution in [2.24, 2.45) is 0 Å². The predicted octanol–water partition coefficient (Wildman–Crippen LogP) is 2.30. The number of rotatable bonds is 6. The zero-order valence-electron chi connectivity index (χ0n) is 10.7. The first-order valence-corrected chi connectivity index (χ1v) is 6.63. The second-order valence-electron chi connectivity index (χ2n) is 4.81. The molecule has 0 radical (unpaired) electrons. The SMILES string of the molecule is CCCc1nc(CN(C)C(C)(C)CO)cs1. The number of thiazole rings is 1. The fourth-order valence-electron chi connectivity index (χ4n) is 1.33. The molecule has 0 unspecified atom stereocenters. The van der Waals surface area contributed by atoms with Gasteiger partial charge in [-0.1, -0.05) is 6.92 Å². The van der Waals surface area contributed by atoms with E-state index in [4.69, 9.17) is 0 Å². The molecule has 0 bridgehead atoms. The van der Waals surface area contributed by atoms with Crippen LogP contribution < -0.4 is 0 Å². The van der Waals surface area contributed by atoms with Crippen molar-refractivity contribution in [1.82, 2.24) is 9.88 Å². The van der Waals surface area contributed by atoms with E-state index >= 15 is 0 Å². The van der Waals surface area contributed by atoms with E-state index in [1.54, 1.807) is 11.3 Å². The van der Waals surface area contributed by atoms with E-state index in [-0.39, 0.29) is 12.1 Å². The molecule has 0 aliphatic rings. The molecule has 0 atom stereocenters. The second-order valence-corrected chi connectivity index (χ2v) is 5.75. The minimum Gasteiger partial charge on any atom is -0.394 e. The lowest BCUT2D eigenvalue weighted by molar-refractivity contribution is 0.0725. The quantitative estimate of drug-likeness (QED) is 0.831. The van der Waals surface area contributed by atoms with Crippen molar-refractivity contribution in [3.63, 3.8) is 0 Å². The van der Waals surface area contributed by atoms with Crippen LogP contribution in [0.1, 0.15) is 37.9 Å². The minimum atomic E-state index is -0.186. The maximum Gasteiger partial charge on any atom is 0.0928 e. The Bertz CT molecular complexity index is 323. The van der Waals surface area contributed by atoms with Crippen molar-refractivity contribution in [3.05, 3.63) is 16.1 Å². The summed E-state index contributed by atoms with van der Waals surface area (Å²) in [5.74, 6) is 0. The van der Waals surface area contributed by atoms with Gasteiger partial charge in [-0.15, -0.1) is 11.3 Å². The van der Waals surface area contributed by atoms with Crippen LogP contribution in [-0.4, -0.2) is 34.2 Å². The smallest absolute Gasteiger partial charge is 0.0928 e. The molecule has 92 valence electrons. The number of hydrogen-bond acceptors (Lipinski definition) is 4. The molecule has 0 saturated carbocycles. The zero-order valence-corrected chi connectivity index (χ0v) is 11.5. The summed E-state index contributed by atoms with van der Waals surface area (Å²) < 4.78 is 0. The summed E-state index contributed by atoms with van der Waals surface area (Å²) in [5.41, 5.74) is 0.923. The lowest BCUT2D eigenvalue weighted by Gasteiger charge is -2.33. The highest BCUT2D eigenvalue weighted by atomic mass is 32.1. The van der Waals surface area contributed by atoms with Gasteiger partial charge in [-0.2, -0.15) is 0 Å². The second kappa shape index (κ2) is 5.75. The van der Waals surface area contributed by atoms with Crippen LogP contribution in [0.25, 0.3) is 0 Å². The summed E-state index contributed by atoms with van der Waals surface area (Å²) in [7, 11) is 2.02. The van der Waals surface area contributed by atoms with E-state index < -0.39 is 0 Å².